The second kappa shape index (κ2) is 6.65. The van der Waals surface area contributed by atoms with Crippen LogP contribution >= 0.6 is 0 Å². The third-order valence-electron chi connectivity index (χ3n) is 3.19. The first-order chi connectivity index (χ1) is 10.1. The highest BCUT2D eigenvalue weighted by atomic mass is 16.6. The summed E-state index contributed by atoms with van der Waals surface area (Å²) in [6.07, 6.45) is 0.204. The van der Waals surface area contributed by atoms with Crippen LogP contribution in [0.25, 0.3) is 0 Å². The molecule has 2 rings (SSSR count). The number of nitrogens with one attached hydrogen (secondary N) is 1. The molecular formula is C16H16N2O3. The van der Waals surface area contributed by atoms with Gasteiger partial charge in [-0.25, -0.2) is 0 Å². The Morgan fingerprint density at radius 2 is 1.76 bits per heavy atom. The van der Waals surface area contributed by atoms with Gasteiger partial charge >= 0.3 is 0 Å². The van der Waals surface area contributed by atoms with Crippen LogP contribution in [0.3, 0.4) is 0 Å². The molecular weight excluding hydrogens is 268 g/mol. The second-order valence-electron chi connectivity index (χ2n) is 4.80. The van der Waals surface area contributed by atoms with Crippen LogP contribution in [0.15, 0.2) is 54.6 Å². The number of nitro benzene ring substituents is 1. The molecule has 1 amide bonds. The van der Waals surface area contributed by atoms with Crippen LogP contribution in [0.4, 0.5) is 5.69 Å². The van der Waals surface area contributed by atoms with E-state index in [1.54, 1.807) is 12.1 Å². The average molecular weight is 284 g/mol. The summed E-state index contributed by atoms with van der Waals surface area (Å²) in [6.45, 7) is 1.92. The van der Waals surface area contributed by atoms with Gasteiger partial charge < -0.3 is 5.32 Å². The minimum absolute atomic E-state index is 0.0248. The molecule has 1 unspecified atom stereocenters. The molecule has 0 radical (unpaired) electrons. The maximum absolute atomic E-state index is 12.0. The van der Waals surface area contributed by atoms with Gasteiger partial charge in [0.05, 0.1) is 17.4 Å². The SMILES string of the molecule is CC(NC(=O)Cc1ccc([N+](=O)[O-])cc1)c1ccccc1. The van der Waals surface area contributed by atoms with Gasteiger partial charge in [-0.05, 0) is 18.1 Å². The summed E-state index contributed by atoms with van der Waals surface area (Å²) < 4.78 is 0. The van der Waals surface area contributed by atoms with Crippen molar-refractivity contribution in [2.75, 3.05) is 0 Å². The number of amides is 1. The minimum atomic E-state index is -0.457. The van der Waals surface area contributed by atoms with Crippen molar-refractivity contribution in [1.29, 1.82) is 0 Å². The lowest BCUT2D eigenvalue weighted by Gasteiger charge is -2.14. The summed E-state index contributed by atoms with van der Waals surface area (Å²) in [4.78, 5) is 22.1. The van der Waals surface area contributed by atoms with Gasteiger partial charge in [0.25, 0.3) is 5.69 Å². The van der Waals surface area contributed by atoms with E-state index in [-0.39, 0.29) is 24.1 Å². The van der Waals surface area contributed by atoms with Crippen molar-refractivity contribution in [2.24, 2.45) is 0 Å². The third-order valence-corrected chi connectivity index (χ3v) is 3.19. The maximum Gasteiger partial charge on any atom is 0.269 e. The number of benzene rings is 2. The van der Waals surface area contributed by atoms with Crippen molar-refractivity contribution in [3.63, 3.8) is 0 Å². The Bertz CT molecular complexity index is 624. The first kappa shape index (κ1) is 14.7. The number of hydrogen-bond acceptors (Lipinski definition) is 3. The number of non-ortho nitro benzene ring substituents is 1. The second-order valence-corrected chi connectivity index (χ2v) is 4.80. The van der Waals surface area contributed by atoms with Crippen molar-refractivity contribution < 1.29 is 9.72 Å². The van der Waals surface area contributed by atoms with E-state index in [0.717, 1.165) is 11.1 Å². The molecule has 21 heavy (non-hydrogen) atoms. The molecule has 0 saturated carbocycles. The highest BCUT2D eigenvalue weighted by molar-refractivity contribution is 5.79. The van der Waals surface area contributed by atoms with Crippen LogP contribution < -0.4 is 5.32 Å². The molecule has 2 aromatic rings. The van der Waals surface area contributed by atoms with E-state index in [1.807, 2.05) is 37.3 Å². The van der Waals surface area contributed by atoms with Gasteiger partial charge in [-0.1, -0.05) is 42.5 Å². The molecule has 0 aliphatic carbocycles. The molecule has 1 N–H and O–H groups in total. The molecule has 5 heteroatoms. The topological polar surface area (TPSA) is 72.2 Å². The van der Waals surface area contributed by atoms with Crippen molar-refractivity contribution in [2.45, 2.75) is 19.4 Å². The molecule has 5 nitrogen and oxygen atoms in total. The smallest absolute Gasteiger partial charge is 0.269 e. The van der Waals surface area contributed by atoms with Crippen LogP contribution in [0, 0.1) is 10.1 Å². The lowest BCUT2D eigenvalue weighted by molar-refractivity contribution is -0.384. The van der Waals surface area contributed by atoms with Gasteiger partial charge in [0.15, 0.2) is 0 Å². The fraction of sp³-hybridized carbons (Fsp3) is 0.188. The Balaban J connectivity index is 1.94. The zero-order valence-corrected chi connectivity index (χ0v) is 11.7. The molecule has 1 atom stereocenters. The van der Waals surface area contributed by atoms with E-state index < -0.39 is 4.92 Å². The number of nitrogens with zero attached hydrogens (tertiary/aromatic N) is 1. The normalized spacial score (nSPS) is 11.7. The number of carbonyl (C=O) groups is 1. The van der Waals surface area contributed by atoms with E-state index in [2.05, 4.69) is 5.32 Å². The molecule has 0 heterocycles. The first-order valence-corrected chi connectivity index (χ1v) is 6.64. The summed E-state index contributed by atoms with van der Waals surface area (Å²) in [5, 5.41) is 13.5. The zero-order valence-electron chi connectivity index (χ0n) is 11.7. The summed E-state index contributed by atoms with van der Waals surface area (Å²) >= 11 is 0. The van der Waals surface area contributed by atoms with Crippen molar-refractivity contribution in [1.82, 2.24) is 5.32 Å². The lowest BCUT2D eigenvalue weighted by atomic mass is 10.1. The largest absolute Gasteiger partial charge is 0.349 e. The highest BCUT2D eigenvalue weighted by Gasteiger charge is 2.11. The van der Waals surface area contributed by atoms with Gasteiger partial charge in [0.2, 0.25) is 5.91 Å². The van der Waals surface area contributed by atoms with Gasteiger partial charge in [0, 0.05) is 12.1 Å². The Labute approximate surface area is 122 Å². The average Bonchev–Trinajstić information content (AvgIpc) is 2.48. The molecule has 0 aromatic heterocycles. The van der Waals surface area contributed by atoms with E-state index >= 15 is 0 Å². The Morgan fingerprint density at radius 1 is 1.14 bits per heavy atom. The molecule has 0 aliphatic rings. The van der Waals surface area contributed by atoms with Crippen LogP contribution in [-0.2, 0) is 11.2 Å². The Kier molecular flexibility index (Phi) is 4.66. The van der Waals surface area contributed by atoms with Crippen LogP contribution in [0.5, 0.6) is 0 Å². The highest BCUT2D eigenvalue weighted by Crippen LogP contribution is 2.14. The van der Waals surface area contributed by atoms with Gasteiger partial charge in [-0.3, -0.25) is 14.9 Å². The predicted molar refractivity (Wildman–Crippen MR) is 79.8 cm³/mol. The molecule has 0 saturated heterocycles. The summed E-state index contributed by atoms with van der Waals surface area (Å²) in [7, 11) is 0. The summed E-state index contributed by atoms with van der Waals surface area (Å²) in [5.41, 5.74) is 1.81. The molecule has 0 spiro atoms. The fourth-order valence-corrected chi connectivity index (χ4v) is 2.04. The first-order valence-electron chi connectivity index (χ1n) is 6.64. The number of carbonyl (C=O) groups excluding carboxylic acids is 1. The number of hydrogen-bond donors (Lipinski definition) is 1. The van der Waals surface area contributed by atoms with Crippen molar-refractivity contribution in [3.8, 4) is 0 Å². The van der Waals surface area contributed by atoms with Crippen LogP contribution in [0.2, 0.25) is 0 Å². The monoisotopic (exact) mass is 284 g/mol. The van der Waals surface area contributed by atoms with Gasteiger partial charge in [0.1, 0.15) is 0 Å². The van der Waals surface area contributed by atoms with Gasteiger partial charge in [-0.2, -0.15) is 0 Å². The molecule has 0 aliphatic heterocycles. The van der Waals surface area contributed by atoms with E-state index in [9.17, 15) is 14.9 Å². The molecule has 0 fully saturated rings. The van der Waals surface area contributed by atoms with Crippen molar-refractivity contribution in [3.05, 3.63) is 75.8 Å². The third kappa shape index (κ3) is 4.14. The Hall–Kier alpha value is -2.69. The molecule has 108 valence electrons. The summed E-state index contributed by atoms with van der Waals surface area (Å²) in [6, 6.07) is 15.6. The minimum Gasteiger partial charge on any atom is -0.349 e. The van der Waals surface area contributed by atoms with E-state index in [4.69, 9.17) is 0 Å². The van der Waals surface area contributed by atoms with E-state index in [1.165, 1.54) is 12.1 Å². The van der Waals surface area contributed by atoms with Crippen LogP contribution in [0.1, 0.15) is 24.1 Å². The van der Waals surface area contributed by atoms with Crippen LogP contribution in [-0.4, -0.2) is 10.8 Å². The molecule has 0 bridgehead atoms. The number of nitro groups is 1. The van der Waals surface area contributed by atoms with Gasteiger partial charge in [-0.15, -0.1) is 0 Å². The molecule has 2 aromatic carbocycles. The van der Waals surface area contributed by atoms with Crippen molar-refractivity contribution >= 4 is 11.6 Å². The lowest BCUT2D eigenvalue weighted by Crippen LogP contribution is -2.28. The number of rotatable bonds is 5. The predicted octanol–water partition coefficient (Wildman–Crippen LogP) is 3.01. The summed E-state index contributed by atoms with van der Waals surface area (Å²) in [5.74, 6) is -0.111. The fourth-order valence-electron chi connectivity index (χ4n) is 2.04. The Morgan fingerprint density at radius 3 is 2.33 bits per heavy atom. The van der Waals surface area contributed by atoms with E-state index in [0.29, 0.717) is 0 Å². The maximum atomic E-state index is 12.0. The zero-order chi connectivity index (χ0) is 15.2. The standard InChI is InChI=1S/C16H16N2O3/c1-12(14-5-3-2-4-6-14)17-16(19)11-13-7-9-15(10-8-13)18(20)21/h2-10,12H,11H2,1H3,(H,17,19). The quantitative estimate of drug-likeness (QED) is 0.677.